The first-order chi connectivity index (χ1) is 12.8. The quantitative estimate of drug-likeness (QED) is 0.442. The lowest BCUT2D eigenvalue weighted by molar-refractivity contribution is -0.139. The van der Waals surface area contributed by atoms with Crippen molar-refractivity contribution >= 4 is 17.5 Å². The fourth-order valence-electron chi connectivity index (χ4n) is 2.98. The highest BCUT2D eigenvalue weighted by atomic mass is 19.1. The molecule has 142 valence electrons. The molecule has 1 aromatic heterocycles. The molecule has 0 spiro atoms. The number of likely N-dealkylation sites (tertiary alicyclic amines) is 1. The predicted octanol–water partition coefficient (Wildman–Crippen LogP) is 2.64. The Labute approximate surface area is 155 Å². The Morgan fingerprint density at radius 1 is 1.30 bits per heavy atom. The number of likely N-dealkylation sites (N-methyl/N-ethyl adjacent to an activating group) is 1. The van der Waals surface area contributed by atoms with Gasteiger partial charge in [-0.25, -0.2) is 4.39 Å². The largest absolute Gasteiger partial charge is 0.491 e. The summed E-state index contributed by atoms with van der Waals surface area (Å²) in [6.07, 6.45) is 0.176. The molecule has 6 nitrogen and oxygen atoms in total. The van der Waals surface area contributed by atoms with Crippen molar-refractivity contribution in [3.63, 3.8) is 0 Å². The lowest BCUT2D eigenvalue weighted by Gasteiger charge is -2.13. The molecule has 1 aromatic carbocycles. The zero-order chi connectivity index (χ0) is 19.7. The Balaban J connectivity index is 1.78. The second-order valence-electron chi connectivity index (χ2n) is 6.83. The third-order valence-corrected chi connectivity index (χ3v) is 4.31. The number of hydrogen-bond acceptors (Lipinski definition) is 5. The van der Waals surface area contributed by atoms with Gasteiger partial charge in [0.05, 0.1) is 6.10 Å². The van der Waals surface area contributed by atoms with Gasteiger partial charge in [0.2, 0.25) is 11.6 Å². The molecular weight excluding hydrogens is 353 g/mol. The molecule has 0 aliphatic carbocycles. The van der Waals surface area contributed by atoms with Crippen LogP contribution in [0.25, 0.3) is 0 Å². The van der Waals surface area contributed by atoms with E-state index in [-0.39, 0.29) is 18.4 Å². The van der Waals surface area contributed by atoms with Crippen molar-refractivity contribution in [1.29, 1.82) is 0 Å². The van der Waals surface area contributed by atoms with E-state index < -0.39 is 29.2 Å². The minimum atomic E-state index is -1.04. The van der Waals surface area contributed by atoms with E-state index in [0.717, 1.165) is 0 Å². The molecule has 1 unspecified atom stereocenters. The summed E-state index contributed by atoms with van der Waals surface area (Å²) in [6.45, 7) is 3.74. The lowest BCUT2D eigenvalue weighted by Crippen LogP contribution is -2.23. The van der Waals surface area contributed by atoms with E-state index in [2.05, 4.69) is 0 Å². The van der Waals surface area contributed by atoms with Gasteiger partial charge in [-0.2, -0.15) is 0 Å². The van der Waals surface area contributed by atoms with Crippen LogP contribution in [-0.2, 0) is 16.0 Å². The van der Waals surface area contributed by atoms with Crippen LogP contribution in [-0.4, -0.2) is 42.1 Å². The standard InChI is InChI=1S/C20H20FNO5/c1-11(2)26-17-9-13(21)5-4-12(17)8-14-6-7-16(27-14)18(23)15-10-22(3)20(25)19(15)24/h4-7,9,11,15H,8,10H2,1-3H3. The lowest BCUT2D eigenvalue weighted by atomic mass is 10.0. The molecule has 1 atom stereocenters. The summed E-state index contributed by atoms with van der Waals surface area (Å²) in [5.41, 5.74) is 0.713. The van der Waals surface area contributed by atoms with Gasteiger partial charge in [-0.05, 0) is 32.0 Å². The van der Waals surface area contributed by atoms with Crippen molar-refractivity contribution in [1.82, 2.24) is 4.90 Å². The molecule has 0 saturated carbocycles. The molecule has 7 heteroatoms. The van der Waals surface area contributed by atoms with E-state index in [4.69, 9.17) is 9.15 Å². The van der Waals surface area contributed by atoms with Crippen LogP contribution in [0, 0.1) is 11.7 Å². The number of hydrogen-bond donors (Lipinski definition) is 0. The first-order valence-corrected chi connectivity index (χ1v) is 8.63. The van der Waals surface area contributed by atoms with Gasteiger partial charge in [0.1, 0.15) is 23.2 Å². The maximum atomic E-state index is 13.5. The van der Waals surface area contributed by atoms with Crippen LogP contribution < -0.4 is 4.74 Å². The summed E-state index contributed by atoms with van der Waals surface area (Å²) in [5.74, 6) is -2.42. The molecule has 1 aliphatic rings. The highest BCUT2D eigenvalue weighted by Crippen LogP contribution is 2.26. The second kappa shape index (κ2) is 7.34. The number of rotatable bonds is 6. The van der Waals surface area contributed by atoms with Crippen LogP contribution in [0.4, 0.5) is 4.39 Å². The zero-order valence-corrected chi connectivity index (χ0v) is 15.3. The normalized spacial score (nSPS) is 17.1. The molecule has 3 rings (SSSR count). The van der Waals surface area contributed by atoms with E-state index in [1.165, 1.54) is 30.1 Å². The van der Waals surface area contributed by atoms with Gasteiger partial charge in [0, 0.05) is 31.6 Å². The van der Waals surface area contributed by atoms with Crippen molar-refractivity contribution in [3.8, 4) is 5.75 Å². The zero-order valence-electron chi connectivity index (χ0n) is 15.3. The summed E-state index contributed by atoms with van der Waals surface area (Å²) >= 11 is 0. The SMILES string of the molecule is CC(C)Oc1cc(F)ccc1Cc1ccc(C(=O)C2CN(C)C(=O)C2=O)o1. The molecule has 0 radical (unpaired) electrons. The minimum absolute atomic E-state index is 0.0277. The third-order valence-electron chi connectivity index (χ3n) is 4.31. The van der Waals surface area contributed by atoms with Crippen molar-refractivity contribution in [2.24, 2.45) is 5.92 Å². The van der Waals surface area contributed by atoms with E-state index >= 15 is 0 Å². The second-order valence-corrected chi connectivity index (χ2v) is 6.83. The number of halogens is 1. The van der Waals surface area contributed by atoms with Gasteiger partial charge in [-0.15, -0.1) is 0 Å². The van der Waals surface area contributed by atoms with E-state index in [1.54, 1.807) is 12.1 Å². The Morgan fingerprint density at radius 2 is 2.04 bits per heavy atom. The number of carbonyl (C=O) groups excluding carboxylic acids is 3. The Hall–Kier alpha value is -2.96. The number of ether oxygens (including phenoxy) is 1. The Bertz CT molecular complexity index is 902. The summed E-state index contributed by atoms with van der Waals surface area (Å²) in [7, 11) is 1.48. The molecule has 2 aromatic rings. The monoisotopic (exact) mass is 373 g/mol. The molecule has 2 heterocycles. The number of amides is 1. The van der Waals surface area contributed by atoms with Gasteiger partial charge >= 0.3 is 0 Å². The molecule has 0 N–H and O–H groups in total. The van der Waals surface area contributed by atoms with E-state index in [9.17, 15) is 18.8 Å². The van der Waals surface area contributed by atoms with E-state index in [0.29, 0.717) is 23.5 Å². The number of nitrogens with zero attached hydrogens (tertiary/aromatic N) is 1. The Morgan fingerprint density at radius 3 is 2.67 bits per heavy atom. The molecule has 0 bridgehead atoms. The van der Waals surface area contributed by atoms with Crippen LogP contribution in [0.1, 0.15) is 35.7 Å². The van der Waals surface area contributed by atoms with Crippen LogP contribution in [0.2, 0.25) is 0 Å². The molecule has 1 saturated heterocycles. The average Bonchev–Trinajstić information content (AvgIpc) is 3.17. The average molecular weight is 373 g/mol. The predicted molar refractivity (Wildman–Crippen MR) is 94.1 cm³/mol. The summed E-state index contributed by atoms with van der Waals surface area (Å²) in [4.78, 5) is 37.2. The third kappa shape index (κ3) is 3.92. The van der Waals surface area contributed by atoms with Gasteiger partial charge in [0.25, 0.3) is 5.91 Å². The maximum absolute atomic E-state index is 13.5. The molecule has 1 fully saturated rings. The minimum Gasteiger partial charge on any atom is -0.491 e. The smallest absolute Gasteiger partial charge is 0.290 e. The highest BCUT2D eigenvalue weighted by Gasteiger charge is 2.42. The van der Waals surface area contributed by atoms with Crippen LogP contribution in [0.3, 0.4) is 0 Å². The summed E-state index contributed by atoms with van der Waals surface area (Å²) < 4.78 is 24.7. The van der Waals surface area contributed by atoms with Crippen LogP contribution >= 0.6 is 0 Å². The van der Waals surface area contributed by atoms with Gasteiger partial charge < -0.3 is 14.1 Å². The fraction of sp³-hybridized carbons (Fsp3) is 0.350. The first kappa shape index (κ1) is 18.8. The topological polar surface area (TPSA) is 76.8 Å². The molecule has 1 aliphatic heterocycles. The summed E-state index contributed by atoms with van der Waals surface area (Å²) in [5, 5.41) is 0. The van der Waals surface area contributed by atoms with Crippen molar-refractivity contribution in [2.75, 3.05) is 13.6 Å². The van der Waals surface area contributed by atoms with Crippen LogP contribution in [0.5, 0.6) is 5.75 Å². The van der Waals surface area contributed by atoms with Crippen LogP contribution in [0.15, 0.2) is 34.7 Å². The van der Waals surface area contributed by atoms with Gasteiger partial charge in [-0.1, -0.05) is 6.07 Å². The number of Topliss-reactive ketones (excluding diaryl/α,β-unsaturated/α-hetero) is 2. The Kier molecular flexibility index (Phi) is 5.12. The molecule has 27 heavy (non-hydrogen) atoms. The molecular formula is C20H20FNO5. The highest BCUT2D eigenvalue weighted by molar-refractivity contribution is 6.43. The van der Waals surface area contributed by atoms with Crippen molar-refractivity contribution < 1.29 is 27.9 Å². The summed E-state index contributed by atoms with van der Waals surface area (Å²) in [6, 6.07) is 7.35. The van der Waals surface area contributed by atoms with Crippen molar-refractivity contribution in [2.45, 2.75) is 26.4 Å². The van der Waals surface area contributed by atoms with Gasteiger partial charge in [-0.3, -0.25) is 14.4 Å². The fourth-order valence-corrected chi connectivity index (χ4v) is 2.98. The molecule has 1 amide bonds. The first-order valence-electron chi connectivity index (χ1n) is 8.63. The van der Waals surface area contributed by atoms with E-state index in [1.807, 2.05) is 13.8 Å². The number of furan rings is 1. The number of benzene rings is 1. The van der Waals surface area contributed by atoms with Gasteiger partial charge in [0.15, 0.2) is 5.76 Å². The number of carbonyl (C=O) groups is 3. The number of ketones is 2. The maximum Gasteiger partial charge on any atom is 0.290 e. The van der Waals surface area contributed by atoms with Crippen molar-refractivity contribution in [3.05, 3.63) is 53.2 Å².